The largest absolute Gasteiger partial charge is 0.333 e. The van der Waals surface area contributed by atoms with Gasteiger partial charge in [0.05, 0.1) is 6.04 Å². The van der Waals surface area contributed by atoms with Crippen LogP contribution in [0.1, 0.15) is 30.0 Å². The molecular formula is C19H24ClN3O. The minimum Gasteiger partial charge on any atom is -0.333 e. The number of hydrogen-bond acceptors (Lipinski definition) is 3. The molecule has 1 aromatic heterocycles. The van der Waals surface area contributed by atoms with Crippen LogP contribution in [0.5, 0.6) is 0 Å². The predicted octanol–water partition coefficient (Wildman–Crippen LogP) is 3.00. The molecule has 2 aromatic rings. The number of aromatic nitrogens is 1. The Morgan fingerprint density at radius 3 is 2.79 bits per heavy atom. The fourth-order valence-corrected chi connectivity index (χ4v) is 3.11. The van der Waals surface area contributed by atoms with E-state index in [1.165, 1.54) is 5.56 Å². The first-order chi connectivity index (χ1) is 11.3. The van der Waals surface area contributed by atoms with Crippen molar-refractivity contribution in [3.05, 3.63) is 66.0 Å². The van der Waals surface area contributed by atoms with E-state index in [1.54, 1.807) is 6.20 Å². The summed E-state index contributed by atoms with van der Waals surface area (Å²) in [7, 11) is 0. The van der Waals surface area contributed by atoms with Crippen molar-refractivity contribution in [3.63, 3.8) is 0 Å². The lowest BCUT2D eigenvalue weighted by molar-refractivity contribution is -0.134. The third-order valence-electron chi connectivity index (χ3n) is 4.33. The summed E-state index contributed by atoms with van der Waals surface area (Å²) in [4.78, 5) is 18.9. The second-order valence-electron chi connectivity index (χ2n) is 5.93. The first-order valence-electron chi connectivity index (χ1n) is 8.28. The number of nitrogens with one attached hydrogen (secondary N) is 1. The van der Waals surface area contributed by atoms with E-state index in [2.05, 4.69) is 28.5 Å². The first kappa shape index (κ1) is 18.4. The Hall–Kier alpha value is -1.91. The van der Waals surface area contributed by atoms with Gasteiger partial charge in [0.2, 0.25) is 5.91 Å². The fourth-order valence-electron chi connectivity index (χ4n) is 3.11. The van der Waals surface area contributed by atoms with Gasteiger partial charge in [-0.2, -0.15) is 0 Å². The van der Waals surface area contributed by atoms with E-state index in [1.807, 2.05) is 35.4 Å². The third-order valence-corrected chi connectivity index (χ3v) is 4.33. The maximum Gasteiger partial charge on any atom is 0.223 e. The average Bonchev–Trinajstić information content (AvgIpc) is 2.63. The topological polar surface area (TPSA) is 45.2 Å². The smallest absolute Gasteiger partial charge is 0.223 e. The molecule has 0 radical (unpaired) electrons. The van der Waals surface area contributed by atoms with Crippen molar-refractivity contribution in [2.75, 3.05) is 19.6 Å². The summed E-state index contributed by atoms with van der Waals surface area (Å²) in [5, 5.41) is 3.38. The molecule has 24 heavy (non-hydrogen) atoms. The molecule has 1 N–H and O–H groups in total. The van der Waals surface area contributed by atoms with Gasteiger partial charge in [-0.3, -0.25) is 9.78 Å². The zero-order valence-corrected chi connectivity index (χ0v) is 14.5. The highest BCUT2D eigenvalue weighted by molar-refractivity contribution is 5.85. The van der Waals surface area contributed by atoms with Crippen LogP contribution in [0.2, 0.25) is 0 Å². The summed E-state index contributed by atoms with van der Waals surface area (Å²) in [6, 6.07) is 14.4. The summed E-state index contributed by atoms with van der Waals surface area (Å²) in [5.41, 5.74) is 2.40. The van der Waals surface area contributed by atoms with Crippen LogP contribution in [0.4, 0.5) is 0 Å². The van der Waals surface area contributed by atoms with Crippen LogP contribution in [0.15, 0.2) is 54.9 Å². The van der Waals surface area contributed by atoms with Gasteiger partial charge in [-0.15, -0.1) is 12.4 Å². The second kappa shape index (κ2) is 9.40. The van der Waals surface area contributed by atoms with Gasteiger partial charge in [-0.25, -0.2) is 0 Å². The molecule has 1 aliphatic heterocycles. The van der Waals surface area contributed by atoms with E-state index < -0.39 is 0 Å². The molecule has 0 bridgehead atoms. The van der Waals surface area contributed by atoms with Gasteiger partial charge in [-0.05, 0) is 30.0 Å². The molecule has 0 aliphatic carbocycles. The lowest BCUT2D eigenvalue weighted by Gasteiger charge is -2.36. The number of rotatable bonds is 5. The Labute approximate surface area is 149 Å². The number of carbonyl (C=O) groups is 1. The normalized spacial score (nSPS) is 17.2. The molecule has 2 heterocycles. The minimum absolute atomic E-state index is 0. The highest BCUT2D eigenvalue weighted by Gasteiger charge is 2.27. The Balaban J connectivity index is 0.00000208. The number of aryl methyl sites for hydroxylation is 1. The molecule has 1 amide bonds. The number of amides is 1. The van der Waals surface area contributed by atoms with Crippen LogP contribution >= 0.6 is 12.4 Å². The first-order valence-corrected chi connectivity index (χ1v) is 8.28. The summed E-state index contributed by atoms with van der Waals surface area (Å²) < 4.78 is 0. The minimum atomic E-state index is 0. The zero-order chi connectivity index (χ0) is 15.9. The number of carbonyl (C=O) groups excluding carboxylic acids is 1. The standard InChI is InChI=1S/C19H23N3O.ClH/c23-19(10-4-8-16-6-2-1-3-7-16)22-13-12-21-15-18(22)17-9-5-11-20-14-17;/h1-3,5-7,9,11,14,18,21H,4,8,10,12-13,15H2;1H. The molecule has 1 unspecified atom stereocenters. The molecule has 0 spiro atoms. The Morgan fingerprint density at radius 1 is 1.21 bits per heavy atom. The van der Waals surface area contributed by atoms with Crippen LogP contribution in [0.3, 0.4) is 0 Å². The maximum absolute atomic E-state index is 12.6. The van der Waals surface area contributed by atoms with E-state index in [-0.39, 0.29) is 24.4 Å². The summed E-state index contributed by atoms with van der Waals surface area (Å²) in [6.45, 7) is 2.43. The number of nitrogens with zero attached hydrogens (tertiary/aromatic N) is 2. The van der Waals surface area contributed by atoms with Gasteiger partial charge in [0.1, 0.15) is 0 Å². The quantitative estimate of drug-likeness (QED) is 0.906. The molecule has 128 valence electrons. The Kier molecular flexibility index (Phi) is 7.22. The molecular weight excluding hydrogens is 322 g/mol. The van der Waals surface area contributed by atoms with Gasteiger partial charge >= 0.3 is 0 Å². The monoisotopic (exact) mass is 345 g/mol. The van der Waals surface area contributed by atoms with Crippen molar-refractivity contribution < 1.29 is 4.79 Å². The molecule has 4 nitrogen and oxygen atoms in total. The lowest BCUT2D eigenvalue weighted by atomic mass is 10.0. The van der Waals surface area contributed by atoms with Gasteiger partial charge in [0, 0.05) is 38.4 Å². The molecule has 1 aromatic carbocycles. The molecule has 3 rings (SSSR count). The molecule has 5 heteroatoms. The van der Waals surface area contributed by atoms with Crippen molar-refractivity contribution in [2.24, 2.45) is 0 Å². The number of piperazine rings is 1. The van der Waals surface area contributed by atoms with Crippen molar-refractivity contribution in [1.82, 2.24) is 15.2 Å². The van der Waals surface area contributed by atoms with Crippen LogP contribution in [0, 0.1) is 0 Å². The van der Waals surface area contributed by atoms with Crippen LogP contribution in [-0.4, -0.2) is 35.4 Å². The van der Waals surface area contributed by atoms with Crippen LogP contribution < -0.4 is 5.32 Å². The van der Waals surface area contributed by atoms with E-state index >= 15 is 0 Å². The maximum atomic E-state index is 12.6. The van der Waals surface area contributed by atoms with Gasteiger partial charge in [0.25, 0.3) is 0 Å². The molecule has 0 saturated carbocycles. The second-order valence-corrected chi connectivity index (χ2v) is 5.93. The van der Waals surface area contributed by atoms with Gasteiger partial charge in [0.15, 0.2) is 0 Å². The molecule has 1 fully saturated rings. The van der Waals surface area contributed by atoms with Gasteiger partial charge < -0.3 is 10.2 Å². The lowest BCUT2D eigenvalue weighted by Crippen LogP contribution is -2.48. The predicted molar refractivity (Wildman–Crippen MR) is 98.2 cm³/mol. The number of benzene rings is 1. The van der Waals surface area contributed by atoms with E-state index in [4.69, 9.17) is 0 Å². The van der Waals surface area contributed by atoms with Crippen molar-refractivity contribution >= 4 is 18.3 Å². The van der Waals surface area contributed by atoms with Crippen molar-refractivity contribution in [1.29, 1.82) is 0 Å². The van der Waals surface area contributed by atoms with Crippen LogP contribution in [-0.2, 0) is 11.2 Å². The Bertz CT molecular complexity index is 621. The van der Waals surface area contributed by atoms with Crippen LogP contribution in [0.25, 0.3) is 0 Å². The number of pyridine rings is 1. The molecule has 1 atom stereocenters. The highest BCUT2D eigenvalue weighted by Crippen LogP contribution is 2.22. The molecule has 1 saturated heterocycles. The SMILES string of the molecule is Cl.O=C(CCCc1ccccc1)N1CCNCC1c1cccnc1. The molecule has 1 aliphatic rings. The van der Waals surface area contributed by atoms with Gasteiger partial charge in [-0.1, -0.05) is 36.4 Å². The Morgan fingerprint density at radius 2 is 2.04 bits per heavy atom. The fraction of sp³-hybridized carbons (Fsp3) is 0.368. The number of halogens is 1. The summed E-state index contributed by atoms with van der Waals surface area (Å²) in [6.07, 6.45) is 6.09. The zero-order valence-electron chi connectivity index (χ0n) is 13.7. The van der Waals surface area contributed by atoms with E-state index in [9.17, 15) is 4.79 Å². The van der Waals surface area contributed by atoms with Crippen molar-refractivity contribution in [3.8, 4) is 0 Å². The van der Waals surface area contributed by atoms with E-state index in [0.717, 1.165) is 38.0 Å². The number of hydrogen-bond donors (Lipinski definition) is 1. The average molecular weight is 346 g/mol. The summed E-state index contributed by atoms with van der Waals surface area (Å²) in [5.74, 6) is 0.247. The van der Waals surface area contributed by atoms with E-state index in [0.29, 0.717) is 6.42 Å². The highest BCUT2D eigenvalue weighted by atomic mass is 35.5. The third kappa shape index (κ3) is 4.79. The summed E-state index contributed by atoms with van der Waals surface area (Å²) >= 11 is 0. The van der Waals surface area contributed by atoms with Crippen molar-refractivity contribution in [2.45, 2.75) is 25.3 Å².